The lowest BCUT2D eigenvalue weighted by Gasteiger charge is -2.08. The highest BCUT2D eigenvalue weighted by atomic mass is 32.2. The first-order valence-electron chi connectivity index (χ1n) is 7.19. The van der Waals surface area contributed by atoms with Crippen LogP contribution in [0.15, 0.2) is 41.4 Å². The Balaban J connectivity index is 2.09. The SMILES string of the molecule is CCSc1ccccc1-c1nc2cc(OC(F)(F)F)cnc2n1C. The van der Waals surface area contributed by atoms with Crippen molar-refractivity contribution in [1.29, 1.82) is 0 Å². The molecule has 0 aliphatic carbocycles. The minimum absolute atomic E-state index is 0.352. The Morgan fingerprint density at radius 1 is 1.25 bits per heavy atom. The van der Waals surface area contributed by atoms with E-state index in [1.807, 2.05) is 24.3 Å². The first kappa shape index (κ1) is 16.6. The first-order valence-corrected chi connectivity index (χ1v) is 8.18. The third-order valence-electron chi connectivity index (χ3n) is 3.35. The van der Waals surface area contributed by atoms with Gasteiger partial charge in [0.25, 0.3) is 0 Å². The number of aryl methyl sites for hydroxylation is 1. The molecule has 0 bridgehead atoms. The number of thioether (sulfide) groups is 1. The molecule has 0 amide bonds. The van der Waals surface area contributed by atoms with Gasteiger partial charge in [0.2, 0.25) is 0 Å². The number of benzene rings is 1. The molecule has 0 unspecified atom stereocenters. The summed E-state index contributed by atoms with van der Waals surface area (Å²) in [5.74, 6) is 1.18. The molecule has 0 saturated carbocycles. The number of rotatable bonds is 4. The van der Waals surface area contributed by atoms with E-state index < -0.39 is 6.36 Å². The number of pyridine rings is 1. The zero-order valence-electron chi connectivity index (χ0n) is 13.0. The monoisotopic (exact) mass is 353 g/mol. The Kier molecular flexibility index (Phi) is 4.40. The predicted octanol–water partition coefficient (Wildman–Crippen LogP) is 4.65. The minimum atomic E-state index is -4.75. The second kappa shape index (κ2) is 6.35. The van der Waals surface area contributed by atoms with Crippen molar-refractivity contribution < 1.29 is 17.9 Å². The maximum absolute atomic E-state index is 12.4. The van der Waals surface area contributed by atoms with Gasteiger partial charge in [-0.2, -0.15) is 0 Å². The maximum Gasteiger partial charge on any atom is 0.573 e. The van der Waals surface area contributed by atoms with Crippen molar-refractivity contribution in [3.05, 3.63) is 36.5 Å². The van der Waals surface area contributed by atoms with Gasteiger partial charge in [0.1, 0.15) is 17.1 Å². The molecule has 126 valence electrons. The number of imidazole rings is 1. The molecule has 0 spiro atoms. The molecule has 0 radical (unpaired) electrons. The number of fused-ring (bicyclic) bond motifs is 1. The van der Waals surface area contributed by atoms with Gasteiger partial charge in [-0.3, -0.25) is 0 Å². The van der Waals surface area contributed by atoms with Gasteiger partial charge in [0.15, 0.2) is 5.65 Å². The molecular weight excluding hydrogens is 339 g/mol. The van der Waals surface area contributed by atoms with Crippen LogP contribution < -0.4 is 4.74 Å². The molecule has 0 fully saturated rings. The van der Waals surface area contributed by atoms with Gasteiger partial charge in [-0.1, -0.05) is 25.1 Å². The summed E-state index contributed by atoms with van der Waals surface area (Å²) in [6.07, 6.45) is -3.70. The predicted molar refractivity (Wildman–Crippen MR) is 87.0 cm³/mol. The van der Waals surface area contributed by atoms with Gasteiger partial charge in [-0.05, 0) is 11.8 Å². The largest absolute Gasteiger partial charge is 0.573 e. The van der Waals surface area contributed by atoms with Crippen LogP contribution in [0.5, 0.6) is 5.75 Å². The van der Waals surface area contributed by atoms with Crippen LogP contribution in [0.1, 0.15) is 6.92 Å². The number of nitrogens with zero attached hydrogens (tertiary/aromatic N) is 3. The minimum Gasteiger partial charge on any atom is -0.404 e. The number of ether oxygens (including phenoxy) is 1. The standard InChI is InChI=1S/C16H14F3N3OS/c1-3-24-13-7-5-4-6-11(13)14-21-12-8-10(23-16(17,18)19)9-20-15(12)22(14)2/h4-9H,3H2,1-2H3. The molecule has 0 aliphatic rings. The smallest absolute Gasteiger partial charge is 0.404 e. The van der Waals surface area contributed by atoms with Crippen molar-refractivity contribution in [3.8, 4) is 17.1 Å². The molecule has 2 heterocycles. The third kappa shape index (κ3) is 3.33. The van der Waals surface area contributed by atoms with Crippen LogP contribution in [-0.4, -0.2) is 26.7 Å². The van der Waals surface area contributed by atoms with Gasteiger partial charge in [-0.25, -0.2) is 9.97 Å². The average molecular weight is 353 g/mol. The van der Waals surface area contributed by atoms with Crippen LogP contribution in [0.3, 0.4) is 0 Å². The van der Waals surface area contributed by atoms with Crippen LogP contribution in [0.2, 0.25) is 0 Å². The van der Waals surface area contributed by atoms with Crippen molar-refractivity contribution in [3.63, 3.8) is 0 Å². The molecule has 0 aliphatic heterocycles. The van der Waals surface area contributed by atoms with Gasteiger partial charge in [0.05, 0.1) is 6.20 Å². The lowest BCUT2D eigenvalue weighted by molar-refractivity contribution is -0.274. The number of aromatic nitrogens is 3. The Morgan fingerprint density at radius 2 is 2.00 bits per heavy atom. The highest BCUT2D eigenvalue weighted by molar-refractivity contribution is 7.99. The van der Waals surface area contributed by atoms with Gasteiger partial charge in [0, 0.05) is 23.6 Å². The highest BCUT2D eigenvalue weighted by Gasteiger charge is 2.31. The summed E-state index contributed by atoms with van der Waals surface area (Å²) >= 11 is 1.68. The summed E-state index contributed by atoms with van der Waals surface area (Å²) in [7, 11) is 1.79. The Hall–Kier alpha value is -2.22. The van der Waals surface area contributed by atoms with Gasteiger partial charge < -0.3 is 9.30 Å². The zero-order chi connectivity index (χ0) is 17.3. The van der Waals surface area contributed by atoms with Crippen molar-refractivity contribution in [1.82, 2.24) is 14.5 Å². The molecule has 8 heteroatoms. The summed E-state index contributed by atoms with van der Waals surface area (Å²) in [6.45, 7) is 2.05. The summed E-state index contributed by atoms with van der Waals surface area (Å²) < 4.78 is 42.7. The van der Waals surface area contributed by atoms with E-state index >= 15 is 0 Å². The van der Waals surface area contributed by atoms with Crippen LogP contribution >= 0.6 is 11.8 Å². The summed E-state index contributed by atoms with van der Waals surface area (Å²) in [4.78, 5) is 9.57. The number of hydrogen-bond donors (Lipinski definition) is 0. The second-order valence-corrected chi connectivity index (χ2v) is 6.29. The van der Waals surface area contributed by atoms with E-state index in [0.717, 1.165) is 22.4 Å². The Labute approximate surface area is 140 Å². The molecule has 1 aromatic carbocycles. The van der Waals surface area contributed by atoms with Crippen molar-refractivity contribution in [2.75, 3.05) is 5.75 Å². The molecule has 0 saturated heterocycles. The van der Waals surface area contributed by atoms with Gasteiger partial charge in [-0.15, -0.1) is 24.9 Å². The van der Waals surface area contributed by atoms with Gasteiger partial charge >= 0.3 is 6.36 Å². The normalized spacial score (nSPS) is 11.9. The molecule has 3 aromatic rings. The van der Waals surface area contributed by atoms with E-state index in [0.29, 0.717) is 17.0 Å². The van der Waals surface area contributed by atoms with E-state index in [9.17, 15) is 13.2 Å². The topological polar surface area (TPSA) is 39.9 Å². The van der Waals surface area contributed by atoms with Crippen molar-refractivity contribution in [2.45, 2.75) is 18.2 Å². The highest BCUT2D eigenvalue weighted by Crippen LogP contribution is 2.33. The molecule has 4 nitrogen and oxygen atoms in total. The lowest BCUT2D eigenvalue weighted by Crippen LogP contribution is -2.17. The quantitative estimate of drug-likeness (QED) is 0.641. The van der Waals surface area contributed by atoms with E-state index in [1.54, 1.807) is 23.4 Å². The van der Waals surface area contributed by atoms with Crippen LogP contribution in [-0.2, 0) is 7.05 Å². The van der Waals surface area contributed by atoms with E-state index in [1.165, 1.54) is 6.07 Å². The number of hydrogen-bond acceptors (Lipinski definition) is 4. The van der Waals surface area contributed by atoms with Crippen LogP contribution in [0, 0.1) is 0 Å². The zero-order valence-corrected chi connectivity index (χ0v) is 13.8. The second-order valence-electron chi connectivity index (χ2n) is 4.99. The van der Waals surface area contributed by atoms with E-state index in [2.05, 4.69) is 21.6 Å². The van der Waals surface area contributed by atoms with E-state index in [-0.39, 0.29) is 5.75 Å². The van der Waals surface area contributed by atoms with Crippen LogP contribution in [0.4, 0.5) is 13.2 Å². The molecular formula is C16H14F3N3OS. The first-order chi connectivity index (χ1) is 11.4. The summed E-state index contributed by atoms with van der Waals surface area (Å²) in [5.41, 5.74) is 1.77. The molecule has 2 aromatic heterocycles. The fourth-order valence-corrected chi connectivity index (χ4v) is 3.22. The average Bonchev–Trinajstić information content (AvgIpc) is 2.83. The third-order valence-corrected chi connectivity index (χ3v) is 4.30. The van der Waals surface area contributed by atoms with E-state index in [4.69, 9.17) is 0 Å². The Morgan fingerprint density at radius 3 is 2.71 bits per heavy atom. The van der Waals surface area contributed by atoms with Crippen LogP contribution in [0.25, 0.3) is 22.6 Å². The Bertz CT molecular complexity index is 877. The molecule has 0 atom stereocenters. The number of halogens is 3. The van der Waals surface area contributed by atoms with Crippen molar-refractivity contribution >= 4 is 22.9 Å². The molecule has 0 N–H and O–H groups in total. The summed E-state index contributed by atoms with van der Waals surface area (Å²) in [5, 5.41) is 0. The number of alkyl halides is 3. The lowest BCUT2D eigenvalue weighted by atomic mass is 10.2. The molecule has 24 heavy (non-hydrogen) atoms. The fraction of sp³-hybridized carbons (Fsp3) is 0.250. The summed E-state index contributed by atoms with van der Waals surface area (Å²) in [6, 6.07) is 9.02. The fourth-order valence-electron chi connectivity index (χ4n) is 2.42. The van der Waals surface area contributed by atoms with Crippen molar-refractivity contribution in [2.24, 2.45) is 7.05 Å². The maximum atomic E-state index is 12.4. The molecule has 3 rings (SSSR count).